The van der Waals surface area contributed by atoms with Crippen molar-refractivity contribution >= 4 is 27.6 Å². The summed E-state index contributed by atoms with van der Waals surface area (Å²) in [6, 6.07) is 12.1. The first-order valence-corrected chi connectivity index (χ1v) is 9.88. The molecule has 0 saturated heterocycles. The average Bonchev–Trinajstić information content (AvgIpc) is 2.71. The Bertz CT molecular complexity index is 941. The molecule has 0 saturated carbocycles. The van der Waals surface area contributed by atoms with E-state index in [1.807, 2.05) is 0 Å². The highest BCUT2D eigenvalue weighted by Gasteiger charge is 2.25. The first-order chi connectivity index (χ1) is 13.3. The highest BCUT2D eigenvalue weighted by molar-refractivity contribution is 7.89. The Labute approximate surface area is 164 Å². The fraction of sp³-hybridized carbons (Fsp3) is 0.263. The molecule has 2 aromatic rings. The van der Waals surface area contributed by atoms with Crippen LogP contribution in [0, 0.1) is 0 Å². The van der Waals surface area contributed by atoms with Gasteiger partial charge in [0.2, 0.25) is 15.9 Å². The van der Waals surface area contributed by atoms with Gasteiger partial charge in [-0.25, -0.2) is 13.2 Å². The number of esters is 1. The van der Waals surface area contributed by atoms with Gasteiger partial charge >= 0.3 is 5.97 Å². The van der Waals surface area contributed by atoms with Gasteiger partial charge in [0.05, 0.1) is 31.2 Å². The topological polar surface area (TPSA) is 102 Å². The van der Waals surface area contributed by atoms with Crippen molar-refractivity contribution in [3.05, 3.63) is 54.1 Å². The van der Waals surface area contributed by atoms with Crippen molar-refractivity contribution in [3.63, 3.8) is 0 Å². The molecule has 0 radical (unpaired) electrons. The van der Waals surface area contributed by atoms with E-state index in [1.165, 1.54) is 38.5 Å². The highest BCUT2D eigenvalue weighted by Crippen LogP contribution is 2.19. The molecule has 0 fully saturated rings. The van der Waals surface area contributed by atoms with Crippen molar-refractivity contribution in [3.8, 4) is 5.75 Å². The molecule has 0 atom stereocenters. The molecule has 2 aromatic carbocycles. The summed E-state index contributed by atoms with van der Waals surface area (Å²) in [6.07, 6.45) is 0. The third-order valence-electron chi connectivity index (χ3n) is 3.94. The molecule has 28 heavy (non-hydrogen) atoms. The fourth-order valence-electron chi connectivity index (χ4n) is 2.46. The number of rotatable bonds is 8. The second kappa shape index (κ2) is 9.34. The zero-order chi connectivity index (χ0) is 20.7. The Hall–Kier alpha value is -2.91. The molecule has 1 N–H and O–H groups in total. The molecule has 0 unspecified atom stereocenters. The second-order valence-corrected chi connectivity index (χ2v) is 7.67. The van der Waals surface area contributed by atoms with Gasteiger partial charge in [-0.15, -0.1) is 0 Å². The lowest BCUT2D eigenvalue weighted by atomic mass is 10.2. The van der Waals surface area contributed by atoms with E-state index in [9.17, 15) is 18.0 Å². The van der Waals surface area contributed by atoms with Crippen LogP contribution in [-0.2, 0) is 19.6 Å². The van der Waals surface area contributed by atoms with E-state index in [1.54, 1.807) is 31.2 Å². The number of ether oxygens (including phenoxy) is 2. The van der Waals surface area contributed by atoms with Crippen LogP contribution in [0.25, 0.3) is 0 Å². The lowest BCUT2D eigenvalue weighted by Crippen LogP contribution is -2.37. The molecule has 0 heterocycles. The van der Waals surface area contributed by atoms with Crippen LogP contribution in [0.1, 0.15) is 17.3 Å². The number of hydrogen-bond donors (Lipinski definition) is 1. The summed E-state index contributed by atoms with van der Waals surface area (Å²) >= 11 is 0. The summed E-state index contributed by atoms with van der Waals surface area (Å²) in [5.41, 5.74) is 0.737. The largest absolute Gasteiger partial charge is 0.497 e. The van der Waals surface area contributed by atoms with E-state index in [4.69, 9.17) is 4.74 Å². The monoisotopic (exact) mass is 406 g/mol. The third-order valence-corrected chi connectivity index (χ3v) is 5.87. The van der Waals surface area contributed by atoms with Crippen LogP contribution in [0.2, 0.25) is 0 Å². The van der Waals surface area contributed by atoms with Crippen molar-refractivity contribution in [1.29, 1.82) is 0 Å². The fourth-order valence-corrected chi connectivity index (χ4v) is 3.86. The molecular weight excluding hydrogens is 384 g/mol. The maximum atomic E-state index is 12.8. The van der Waals surface area contributed by atoms with Gasteiger partial charge in [-0.1, -0.05) is 13.0 Å². The molecule has 150 valence electrons. The van der Waals surface area contributed by atoms with Crippen molar-refractivity contribution in [1.82, 2.24) is 4.31 Å². The van der Waals surface area contributed by atoms with Gasteiger partial charge in [-0.3, -0.25) is 4.79 Å². The van der Waals surface area contributed by atoms with Crippen LogP contribution in [-0.4, -0.2) is 51.9 Å². The summed E-state index contributed by atoms with van der Waals surface area (Å²) in [6.45, 7) is 1.39. The smallest absolute Gasteiger partial charge is 0.337 e. The number of sulfonamides is 1. The third kappa shape index (κ3) is 5.08. The summed E-state index contributed by atoms with van der Waals surface area (Å²) in [5, 5.41) is 2.65. The Morgan fingerprint density at radius 1 is 1.07 bits per heavy atom. The molecule has 0 aliphatic carbocycles. The van der Waals surface area contributed by atoms with Gasteiger partial charge in [0.25, 0.3) is 0 Å². The maximum absolute atomic E-state index is 12.8. The van der Waals surface area contributed by atoms with Gasteiger partial charge in [0, 0.05) is 18.3 Å². The summed E-state index contributed by atoms with van der Waals surface area (Å²) < 4.78 is 36.4. The van der Waals surface area contributed by atoms with Crippen molar-refractivity contribution in [2.45, 2.75) is 11.8 Å². The predicted molar refractivity (Wildman–Crippen MR) is 104 cm³/mol. The van der Waals surface area contributed by atoms with Crippen LogP contribution in [0.3, 0.4) is 0 Å². The Balaban J connectivity index is 2.14. The minimum absolute atomic E-state index is 0.0174. The minimum Gasteiger partial charge on any atom is -0.497 e. The van der Waals surface area contributed by atoms with E-state index < -0.39 is 21.9 Å². The SMILES string of the molecule is CCN(CC(=O)Nc1cccc(OC)c1)S(=O)(=O)c1ccc(C(=O)OC)cc1. The Kier molecular flexibility index (Phi) is 7.13. The number of amides is 1. The summed E-state index contributed by atoms with van der Waals surface area (Å²) in [4.78, 5) is 23.8. The van der Waals surface area contributed by atoms with Gasteiger partial charge in [-0.2, -0.15) is 4.31 Å². The minimum atomic E-state index is -3.90. The van der Waals surface area contributed by atoms with Crippen molar-refractivity contribution in [2.24, 2.45) is 0 Å². The van der Waals surface area contributed by atoms with E-state index in [0.29, 0.717) is 11.4 Å². The number of nitrogens with zero attached hydrogens (tertiary/aromatic N) is 1. The summed E-state index contributed by atoms with van der Waals surface area (Å²) in [5.74, 6) is -0.470. The van der Waals surface area contributed by atoms with E-state index in [0.717, 1.165) is 4.31 Å². The van der Waals surface area contributed by atoms with E-state index in [-0.39, 0.29) is 23.5 Å². The average molecular weight is 406 g/mol. The van der Waals surface area contributed by atoms with Crippen LogP contribution < -0.4 is 10.1 Å². The molecule has 1 amide bonds. The van der Waals surface area contributed by atoms with Gasteiger partial charge in [0.1, 0.15) is 5.75 Å². The van der Waals surface area contributed by atoms with E-state index in [2.05, 4.69) is 10.1 Å². The number of carbonyl (C=O) groups excluding carboxylic acids is 2. The predicted octanol–water partition coefficient (Wildman–Crippen LogP) is 2.13. The number of hydrogen-bond acceptors (Lipinski definition) is 6. The first kappa shape index (κ1) is 21.4. The molecular formula is C19H22N2O6S. The number of nitrogens with one attached hydrogen (secondary N) is 1. The highest BCUT2D eigenvalue weighted by atomic mass is 32.2. The molecule has 2 rings (SSSR count). The number of methoxy groups -OCH3 is 2. The molecule has 0 bridgehead atoms. The van der Waals surface area contributed by atoms with Crippen LogP contribution in [0.5, 0.6) is 5.75 Å². The van der Waals surface area contributed by atoms with Crippen LogP contribution in [0.15, 0.2) is 53.4 Å². The standard InChI is InChI=1S/C19H22N2O6S/c1-4-21(13-18(22)20-15-6-5-7-16(12-15)26-2)28(24,25)17-10-8-14(9-11-17)19(23)27-3/h5-12H,4,13H2,1-3H3,(H,20,22). The first-order valence-electron chi connectivity index (χ1n) is 8.44. The number of benzene rings is 2. The zero-order valence-corrected chi connectivity index (χ0v) is 16.7. The van der Waals surface area contributed by atoms with Gasteiger partial charge in [0.15, 0.2) is 0 Å². The van der Waals surface area contributed by atoms with Gasteiger partial charge in [-0.05, 0) is 36.4 Å². The lowest BCUT2D eigenvalue weighted by molar-refractivity contribution is -0.116. The summed E-state index contributed by atoms with van der Waals surface area (Å²) in [7, 11) is -1.15. The Morgan fingerprint density at radius 2 is 1.75 bits per heavy atom. The quantitative estimate of drug-likeness (QED) is 0.674. The normalized spacial score (nSPS) is 11.1. The lowest BCUT2D eigenvalue weighted by Gasteiger charge is -2.20. The second-order valence-electron chi connectivity index (χ2n) is 5.73. The maximum Gasteiger partial charge on any atom is 0.337 e. The van der Waals surface area contributed by atoms with Crippen molar-refractivity contribution in [2.75, 3.05) is 32.6 Å². The number of carbonyl (C=O) groups is 2. The van der Waals surface area contributed by atoms with E-state index >= 15 is 0 Å². The van der Waals surface area contributed by atoms with Crippen molar-refractivity contribution < 1.29 is 27.5 Å². The zero-order valence-electron chi connectivity index (χ0n) is 15.8. The van der Waals surface area contributed by atoms with Crippen LogP contribution in [0.4, 0.5) is 5.69 Å². The molecule has 8 nitrogen and oxygen atoms in total. The Morgan fingerprint density at radius 3 is 2.32 bits per heavy atom. The van der Waals surface area contributed by atoms with Gasteiger partial charge < -0.3 is 14.8 Å². The number of anilines is 1. The molecule has 0 aromatic heterocycles. The number of likely N-dealkylation sites (N-methyl/N-ethyl adjacent to an activating group) is 1. The molecule has 0 aliphatic rings. The molecule has 0 aliphatic heterocycles. The molecule has 9 heteroatoms. The molecule has 0 spiro atoms. The van der Waals surface area contributed by atoms with Crippen LogP contribution >= 0.6 is 0 Å².